The molecule has 2 aromatic rings. The third kappa shape index (κ3) is 4.69. The fourth-order valence-electron chi connectivity index (χ4n) is 2.17. The van der Waals surface area contributed by atoms with Gasteiger partial charge in [-0.15, -0.1) is 0 Å². The second-order valence-corrected chi connectivity index (χ2v) is 5.26. The summed E-state index contributed by atoms with van der Waals surface area (Å²) in [6, 6.07) is 8.45. The maximum absolute atomic E-state index is 12.8. The predicted octanol–water partition coefficient (Wildman–Crippen LogP) is 2.52. The average Bonchev–Trinajstić information content (AvgIpc) is 2.61. The van der Waals surface area contributed by atoms with Crippen LogP contribution in [0.2, 0.25) is 0 Å². The van der Waals surface area contributed by atoms with Gasteiger partial charge in [0.05, 0.1) is 20.8 Å². The Bertz CT molecular complexity index is 775. The van der Waals surface area contributed by atoms with E-state index in [0.29, 0.717) is 17.2 Å². The van der Waals surface area contributed by atoms with Crippen molar-refractivity contribution < 1.29 is 23.5 Å². The highest BCUT2D eigenvalue weighted by molar-refractivity contribution is 5.99. The molecule has 0 spiro atoms. The molecule has 25 heavy (non-hydrogen) atoms. The summed E-state index contributed by atoms with van der Waals surface area (Å²) in [5, 5.41) is 5.18. The van der Waals surface area contributed by atoms with Crippen molar-refractivity contribution in [1.82, 2.24) is 5.32 Å². The van der Waals surface area contributed by atoms with Gasteiger partial charge in [-0.3, -0.25) is 9.59 Å². The molecule has 0 radical (unpaired) electrons. The van der Waals surface area contributed by atoms with Gasteiger partial charge in [0.15, 0.2) is 11.5 Å². The highest BCUT2D eigenvalue weighted by Crippen LogP contribution is 2.32. The zero-order chi connectivity index (χ0) is 18.4. The average molecular weight is 346 g/mol. The van der Waals surface area contributed by atoms with Crippen molar-refractivity contribution in [3.05, 3.63) is 53.3 Å². The van der Waals surface area contributed by atoms with Crippen LogP contribution in [0.15, 0.2) is 36.4 Å². The summed E-state index contributed by atoms with van der Waals surface area (Å²) in [6.45, 7) is 1.60. The van der Waals surface area contributed by atoms with Crippen molar-refractivity contribution in [2.24, 2.45) is 0 Å². The van der Waals surface area contributed by atoms with Crippen LogP contribution in [0.3, 0.4) is 0 Å². The first-order valence-electron chi connectivity index (χ1n) is 7.51. The highest BCUT2D eigenvalue weighted by atomic mass is 19.1. The molecule has 0 heterocycles. The number of methoxy groups -OCH3 is 2. The number of halogens is 1. The molecule has 0 aliphatic rings. The van der Waals surface area contributed by atoms with E-state index in [1.807, 2.05) is 6.92 Å². The summed E-state index contributed by atoms with van der Waals surface area (Å²) in [4.78, 5) is 24.0. The van der Waals surface area contributed by atoms with Crippen LogP contribution in [0.4, 0.5) is 10.1 Å². The topological polar surface area (TPSA) is 76.7 Å². The maximum atomic E-state index is 12.8. The summed E-state index contributed by atoms with van der Waals surface area (Å²) in [5.41, 5.74) is 1.62. The van der Waals surface area contributed by atoms with Crippen LogP contribution < -0.4 is 20.1 Å². The molecule has 0 bridgehead atoms. The Morgan fingerprint density at radius 2 is 1.64 bits per heavy atom. The molecule has 0 saturated heterocycles. The second-order valence-electron chi connectivity index (χ2n) is 5.26. The highest BCUT2D eigenvalue weighted by Gasteiger charge is 2.12. The normalized spacial score (nSPS) is 10.1. The first-order chi connectivity index (χ1) is 11.9. The number of rotatable bonds is 6. The van der Waals surface area contributed by atoms with Crippen LogP contribution in [-0.4, -0.2) is 32.6 Å². The Morgan fingerprint density at radius 3 is 2.24 bits per heavy atom. The Hall–Kier alpha value is -3.09. The molecule has 6 nitrogen and oxygen atoms in total. The molecule has 0 atom stereocenters. The molecule has 0 aliphatic heterocycles. The molecule has 2 rings (SSSR count). The standard InChI is InChI=1S/C18H19FN2O4/c1-11-8-15(24-2)16(25-3)9-14(11)21-17(22)10-20-18(23)12-4-6-13(19)7-5-12/h4-9H,10H2,1-3H3,(H,20,23)(H,21,22). The molecular weight excluding hydrogens is 327 g/mol. The van der Waals surface area contributed by atoms with Gasteiger partial charge in [-0.2, -0.15) is 0 Å². The summed E-state index contributed by atoms with van der Waals surface area (Å²) < 4.78 is 23.2. The van der Waals surface area contributed by atoms with Crippen LogP contribution in [0.5, 0.6) is 11.5 Å². The zero-order valence-electron chi connectivity index (χ0n) is 14.2. The SMILES string of the molecule is COc1cc(C)c(NC(=O)CNC(=O)c2ccc(F)cc2)cc1OC. The molecule has 2 aromatic carbocycles. The number of benzene rings is 2. The van der Waals surface area contributed by atoms with Crippen molar-refractivity contribution in [3.8, 4) is 11.5 Å². The molecule has 7 heteroatoms. The molecule has 0 aliphatic carbocycles. The lowest BCUT2D eigenvalue weighted by Crippen LogP contribution is -2.33. The summed E-state index contributed by atoms with van der Waals surface area (Å²) in [7, 11) is 3.03. The van der Waals surface area contributed by atoms with Gasteiger partial charge in [0, 0.05) is 17.3 Å². The lowest BCUT2D eigenvalue weighted by Gasteiger charge is -2.14. The first kappa shape index (κ1) is 18.3. The predicted molar refractivity (Wildman–Crippen MR) is 91.6 cm³/mol. The largest absolute Gasteiger partial charge is 0.493 e. The molecule has 0 unspecified atom stereocenters. The number of hydrogen-bond acceptors (Lipinski definition) is 4. The number of amides is 2. The minimum absolute atomic E-state index is 0.218. The van der Waals surface area contributed by atoms with Gasteiger partial charge in [0.1, 0.15) is 5.82 Å². The van der Waals surface area contributed by atoms with Crippen molar-refractivity contribution in [3.63, 3.8) is 0 Å². The maximum Gasteiger partial charge on any atom is 0.251 e. The Kier molecular flexibility index (Phi) is 5.94. The van der Waals surface area contributed by atoms with Gasteiger partial charge in [0.25, 0.3) is 5.91 Å². The quantitative estimate of drug-likeness (QED) is 0.843. The van der Waals surface area contributed by atoms with E-state index in [0.717, 1.165) is 5.56 Å². The Labute approximate surface area is 144 Å². The molecule has 0 fully saturated rings. The van der Waals surface area contributed by atoms with E-state index in [4.69, 9.17) is 9.47 Å². The lowest BCUT2D eigenvalue weighted by molar-refractivity contribution is -0.115. The Balaban J connectivity index is 1.98. The van der Waals surface area contributed by atoms with Crippen LogP contribution in [0, 0.1) is 12.7 Å². The van der Waals surface area contributed by atoms with Crippen LogP contribution in [0.25, 0.3) is 0 Å². The van der Waals surface area contributed by atoms with E-state index in [9.17, 15) is 14.0 Å². The van der Waals surface area contributed by atoms with E-state index in [2.05, 4.69) is 10.6 Å². The van der Waals surface area contributed by atoms with Gasteiger partial charge in [-0.05, 0) is 42.8 Å². The number of nitrogens with one attached hydrogen (secondary N) is 2. The van der Waals surface area contributed by atoms with E-state index in [1.54, 1.807) is 12.1 Å². The van der Waals surface area contributed by atoms with E-state index in [-0.39, 0.29) is 12.1 Å². The molecule has 132 valence electrons. The van der Waals surface area contributed by atoms with E-state index in [1.165, 1.54) is 38.5 Å². The van der Waals surface area contributed by atoms with Crippen LogP contribution in [0.1, 0.15) is 15.9 Å². The third-order valence-electron chi connectivity index (χ3n) is 3.52. The van der Waals surface area contributed by atoms with E-state index < -0.39 is 17.6 Å². The number of carbonyl (C=O) groups is 2. The third-order valence-corrected chi connectivity index (χ3v) is 3.52. The molecular formula is C18H19FN2O4. The number of hydrogen-bond donors (Lipinski definition) is 2. The summed E-state index contributed by atoms with van der Waals surface area (Å²) >= 11 is 0. The van der Waals surface area contributed by atoms with E-state index >= 15 is 0 Å². The fraction of sp³-hybridized carbons (Fsp3) is 0.222. The van der Waals surface area contributed by atoms with Crippen molar-refractivity contribution in [2.45, 2.75) is 6.92 Å². The fourth-order valence-corrected chi connectivity index (χ4v) is 2.17. The minimum atomic E-state index is -0.459. The van der Waals surface area contributed by atoms with Crippen molar-refractivity contribution in [2.75, 3.05) is 26.1 Å². The van der Waals surface area contributed by atoms with Gasteiger partial charge in [-0.25, -0.2) is 4.39 Å². The van der Waals surface area contributed by atoms with Gasteiger partial charge in [-0.1, -0.05) is 0 Å². The summed E-state index contributed by atoms with van der Waals surface area (Å²) in [5.74, 6) is -0.246. The Morgan fingerprint density at radius 1 is 1.04 bits per heavy atom. The number of anilines is 1. The molecule has 0 saturated carbocycles. The zero-order valence-corrected chi connectivity index (χ0v) is 14.2. The van der Waals surface area contributed by atoms with Crippen LogP contribution in [-0.2, 0) is 4.79 Å². The monoisotopic (exact) mass is 346 g/mol. The number of carbonyl (C=O) groups excluding carboxylic acids is 2. The van der Waals surface area contributed by atoms with Crippen LogP contribution >= 0.6 is 0 Å². The number of ether oxygens (including phenoxy) is 2. The molecule has 0 aromatic heterocycles. The number of aryl methyl sites for hydroxylation is 1. The molecule has 2 N–H and O–H groups in total. The smallest absolute Gasteiger partial charge is 0.251 e. The van der Waals surface area contributed by atoms with Gasteiger partial charge >= 0.3 is 0 Å². The van der Waals surface area contributed by atoms with Crippen molar-refractivity contribution in [1.29, 1.82) is 0 Å². The first-order valence-corrected chi connectivity index (χ1v) is 7.51. The summed E-state index contributed by atoms with van der Waals surface area (Å²) in [6.07, 6.45) is 0. The van der Waals surface area contributed by atoms with Gasteiger partial charge < -0.3 is 20.1 Å². The van der Waals surface area contributed by atoms with Gasteiger partial charge in [0.2, 0.25) is 5.91 Å². The molecule has 2 amide bonds. The van der Waals surface area contributed by atoms with Crippen molar-refractivity contribution >= 4 is 17.5 Å². The minimum Gasteiger partial charge on any atom is -0.493 e. The second kappa shape index (κ2) is 8.14. The lowest BCUT2D eigenvalue weighted by atomic mass is 10.1.